The van der Waals surface area contributed by atoms with Crippen LogP contribution in [-0.4, -0.2) is 25.6 Å². The van der Waals surface area contributed by atoms with Crippen molar-refractivity contribution in [3.63, 3.8) is 0 Å². The van der Waals surface area contributed by atoms with Gasteiger partial charge in [0.25, 0.3) is 0 Å². The van der Waals surface area contributed by atoms with Crippen LogP contribution in [0.25, 0.3) is 11.0 Å². The van der Waals surface area contributed by atoms with Crippen LogP contribution in [0.3, 0.4) is 0 Å². The number of benzene rings is 1. The van der Waals surface area contributed by atoms with Gasteiger partial charge in [-0.05, 0) is 42.3 Å². The second-order valence-electron chi connectivity index (χ2n) is 4.86. The van der Waals surface area contributed by atoms with E-state index in [1.54, 1.807) is 18.5 Å². The van der Waals surface area contributed by atoms with Crippen LogP contribution >= 0.6 is 0 Å². The molecule has 0 atom stereocenters. The molecule has 106 valence electrons. The smallest absolute Gasteiger partial charge is 0.335 e. The standard InChI is InChI=1S/C15H13N3O3/c1-9-4-5-16-7-11(9)8-18-13-6-10(14(19)20)2-3-12(13)17-15(18)21/h2-7H,8H2,1H3,(H,17,21)(H,19,20). The number of hydrogen-bond donors (Lipinski definition) is 2. The van der Waals surface area contributed by atoms with Crippen LogP contribution in [0.15, 0.2) is 41.5 Å². The molecule has 0 bridgehead atoms. The van der Waals surface area contributed by atoms with E-state index in [0.29, 0.717) is 17.6 Å². The molecule has 1 aromatic carbocycles. The third-order valence-electron chi connectivity index (χ3n) is 3.50. The number of aromatic amines is 1. The fourth-order valence-electron chi connectivity index (χ4n) is 2.28. The summed E-state index contributed by atoms with van der Waals surface area (Å²) in [7, 11) is 0. The number of aromatic nitrogens is 3. The Labute approximate surface area is 119 Å². The number of aromatic carboxylic acids is 1. The van der Waals surface area contributed by atoms with Gasteiger partial charge in [0.2, 0.25) is 0 Å². The van der Waals surface area contributed by atoms with E-state index in [1.165, 1.54) is 16.7 Å². The van der Waals surface area contributed by atoms with Crippen molar-refractivity contribution in [3.05, 3.63) is 63.8 Å². The van der Waals surface area contributed by atoms with E-state index in [4.69, 9.17) is 5.11 Å². The first-order valence-electron chi connectivity index (χ1n) is 6.41. The molecule has 3 aromatic rings. The summed E-state index contributed by atoms with van der Waals surface area (Å²) in [5.74, 6) is -1.02. The van der Waals surface area contributed by atoms with Crippen molar-refractivity contribution in [1.82, 2.24) is 14.5 Å². The van der Waals surface area contributed by atoms with Gasteiger partial charge in [0, 0.05) is 12.4 Å². The van der Waals surface area contributed by atoms with Gasteiger partial charge in [0.05, 0.1) is 23.1 Å². The molecule has 3 rings (SSSR count). The number of H-pyrrole nitrogens is 1. The van der Waals surface area contributed by atoms with E-state index < -0.39 is 5.97 Å². The topological polar surface area (TPSA) is 88.0 Å². The average Bonchev–Trinajstić information content (AvgIpc) is 2.76. The molecule has 0 unspecified atom stereocenters. The number of hydrogen-bond acceptors (Lipinski definition) is 3. The minimum Gasteiger partial charge on any atom is -0.478 e. The van der Waals surface area contributed by atoms with Gasteiger partial charge in [0.1, 0.15) is 0 Å². The van der Waals surface area contributed by atoms with Gasteiger partial charge < -0.3 is 10.1 Å². The fourth-order valence-corrected chi connectivity index (χ4v) is 2.28. The highest BCUT2D eigenvalue weighted by Crippen LogP contribution is 2.15. The summed E-state index contributed by atoms with van der Waals surface area (Å²) in [6.45, 7) is 2.29. The number of pyridine rings is 1. The van der Waals surface area contributed by atoms with Gasteiger partial charge in [-0.2, -0.15) is 0 Å². The van der Waals surface area contributed by atoms with Gasteiger partial charge in [0.15, 0.2) is 0 Å². The maximum atomic E-state index is 12.1. The second-order valence-corrected chi connectivity index (χ2v) is 4.86. The molecule has 21 heavy (non-hydrogen) atoms. The van der Waals surface area contributed by atoms with Crippen LogP contribution in [0.1, 0.15) is 21.5 Å². The molecule has 2 aromatic heterocycles. The van der Waals surface area contributed by atoms with Crippen LogP contribution < -0.4 is 5.69 Å². The summed E-state index contributed by atoms with van der Waals surface area (Å²) in [6, 6.07) is 6.45. The predicted molar refractivity (Wildman–Crippen MR) is 77.6 cm³/mol. The van der Waals surface area contributed by atoms with Crippen LogP contribution in [0.2, 0.25) is 0 Å². The molecule has 0 amide bonds. The van der Waals surface area contributed by atoms with E-state index in [9.17, 15) is 9.59 Å². The van der Waals surface area contributed by atoms with Crippen molar-refractivity contribution in [3.8, 4) is 0 Å². The molecule has 0 spiro atoms. The van der Waals surface area contributed by atoms with Crippen LogP contribution in [0, 0.1) is 6.92 Å². The molecule has 6 nitrogen and oxygen atoms in total. The van der Waals surface area contributed by atoms with Crippen molar-refractivity contribution in [2.75, 3.05) is 0 Å². The molecule has 2 heterocycles. The molecule has 0 fully saturated rings. The van der Waals surface area contributed by atoms with E-state index in [0.717, 1.165) is 11.1 Å². The Morgan fingerprint density at radius 2 is 2.19 bits per heavy atom. The lowest BCUT2D eigenvalue weighted by Crippen LogP contribution is -2.18. The van der Waals surface area contributed by atoms with Crippen molar-refractivity contribution in [2.24, 2.45) is 0 Å². The Kier molecular flexibility index (Phi) is 3.06. The number of fused-ring (bicyclic) bond motifs is 1. The lowest BCUT2D eigenvalue weighted by atomic mass is 10.1. The van der Waals surface area contributed by atoms with Crippen LogP contribution in [0.4, 0.5) is 0 Å². The highest BCUT2D eigenvalue weighted by molar-refractivity contribution is 5.92. The first kappa shape index (κ1) is 13.1. The van der Waals surface area contributed by atoms with Crippen LogP contribution in [-0.2, 0) is 6.54 Å². The summed E-state index contributed by atoms with van der Waals surface area (Å²) in [6.07, 6.45) is 3.40. The number of carboxylic acids is 1. The largest absolute Gasteiger partial charge is 0.478 e. The molecular formula is C15H13N3O3. The summed E-state index contributed by atoms with van der Waals surface area (Å²) in [5.41, 5.74) is 3.02. The normalized spacial score (nSPS) is 10.9. The first-order valence-corrected chi connectivity index (χ1v) is 6.41. The average molecular weight is 283 g/mol. The number of carbonyl (C=O) groups is 1. The quantitative estimate of drug-likeness (QED) is 0.767. The lowest BCUT2D eigenvalue weighted by molar-refractivity contribution is 0.0697. The van der Waals surface area contributed by atoms with Gasteiger partial charge in [-0.1, -0.05) is 0 Å². The van der Waals surface area contributed by atoms with E-state index in [-0.39, 0.29) is 11.3 Å². The number of nitrogens with zero attached hydrogens (tertiary/aromatic N) is 2. The number of carboxylic acid groups (broad SMARTS) is 1. The van der Waals surface area contributed by atoms with Gasteiger partial charge >= 0.3 is 11.7 Å². The van der Waals surface area contributed by atoms with Gasteiger partial charge in [-0.15, -0.1) is 0 Å². The van der Waals surface area contributed by atoms with E-state index in [2.05, 4.69) is 9.97 Å². The first-order chi connectivity index (χ1) is 10.1. The molecule has 0 saturated carbocycles. The molecule has 0 radical (unpaired) electrons. The Balaban J connectivity index is 2.15. The highest BCUT2D eigenvalue weighted by atomic mass is 16.4. The zero-order valence-corrected chi connectivity index (χ0v) is 11.3. The molecular weight excluding hydrogens is 270 g/mol. The summed E-state index contributed by atoms with van der Waals surface area (Å²) >= 11 is 0. The Hall–Kier alpha value is -2.89. The Morgan fingerprint density at radius 1 is 1.38 bits per heavy atom. The number of rotatable bonds is 3. The Morgan fingerprint density at radius 3 is 2.90 bits per heavy atom. The minimum absolute atomic E-state index is 0.151. The number of aryl methyl sites for hydroxylation is 1. The van der Waals surface area contributed by atoms with Crippen LogP contribution in [0.5, 0.6) is 0 Å². The Bertz CT molecular complexity index is 893. The maximum Gasteiger partial charge on any atom is 0.335 e. The molecule has 0 aliphatic rings. The highest BCUT2D eigenvalue weighted by Gasteiger charge is 2.11. The van der Waals surface area contributed by atoms with E-state index >= 15 is 0 Å². The molecule has 6 heteroatoms. The van der Waals surface area contributed by atoms with Crippen molar-refractivity contribution < 1.29 is 9.90 Å². The SMILES string of the molecule is Cc1ccncc1Cn1c(=O)[nH]c2ccc(C(=O)O)cc21. The summed E-state index contributed by atoms with van der Waals surface area (Å²) in [5, 5.41) is 9.07. The fraction of sp³-hybridized carbons (Fsp3) is 0.133. The predicted octanol–water partition coefficient (Wildman–Crippen LogP) is 1.78. The molecule has 2 N–H and O–H groups in total. The zero-order chi connectivity index (χ0) is 15.0. The van der Waals surface area contributed by atoms with Gasteiger partial charge in [-0.3, -0.25) is 9.55 Å². The third kappa shape index (κ3) is 2.31. The van der Waals surface area contributed by atoms with Gasteiger partial charge in [-0.25, -0.2) is 9.59 Å². The third-order valence-corrected chi connectivity index (χ3v) is 3.50. The monoisotopic (exact) mass is 283 g/mol. The van der Waals surface area contributed by atoms with E-state index in [1.807, 2.05) is 13.0 Å². The molecule has 0 aliphatic heterocycles. The second kappa shape index (κ2) is 4.90. The minimum atomic E-state index is -1.02. The van der Waals surface area contributed by atoms with Crippen molar-refractivity contribution in [2.45, 2.75) is 13.5 Å². The van der Waals surface area contributed by atoms with Crippen molar-refractivity contribution in [1.29, 1.82) is 0 Å². The summed E-state index contributed by atoms with van der Waals surface area (Å²) in [4.78, 5) is 29.9. The zero-order valence-electron chi connectivity index (χ0n) is 11.3. The number of nitrogens with one attached hydrogen (secondary N) is 1. The summed E-state index contributed by atoms with van der Waals surface area (Å²) < 4.78 is 1.52. The van der Waals surface area contributed by atoms with Crippen molar-refractivity contribution >= 4 is 17.0 Å². The number of imidazole rings is 1. The lowest BCUT2D eigenvalue weighted by Gasteiger charge is -2.06. The maximum absolute atomic E-state index is 12.1. The molecule has 0 aliphatic carbocycles. The molecule has 0 saturated heterocycles.